The number of ether oxygens (including phenoxy) is 1. The van der Waals surface area contributed by atoms with E-state index in [1.54, 1.807) is 0 Å². The molecule has 6 nitrogen and oxygen atoms in total. The molecule has 0 saturated heterocycles. The summed E-state index contributed by atoms with van der Waals surface area (Å²) in [6.07, 6.45) is 8.96. The van der Waals surface area contributed by atoms with E-state index < -0.39 is 17.4 Å². The van der Waals surface area contributed by atoms with E-state index >= 15 is 0 Å². The lowest BCUT2D eigenvalue weighted by atomic mass is 9.40. The molecule has 6 heteroatoms. The van der Waals surface area contributed by atoms with E-state index in [0.717, 1.165) is 57.8 Å². The summed E-state index contributed by atoms with van der Waals surface area (Å²) in [6.45, 7) is 6.39. The Bertz CT molecular complexity index is 711. The molecule has 0 aromatic heterocycles. The normalized spacial score (nSPS) is 49.6. The summed E-state index contributed by atoms with van der Waals surface area (Å²) in [5, 5.41) is 19.8. The van der Waals surface area contributed by atoms with E-state index in [-0.39, 0.29) is 40.8 Å². The third kappa shape index (κ3) is 2.96. The van der Waals surface area contributed by atoms with Gasteiger partial charge >= 0.3 is 11.9 Å². The van der Waals surface area contributed by atoms with Crippen molar-refractivity contribution in [3.8, 4) is 0 Å². The van der Waals surface area contributed by atoms with Crippen molar-refractivity contribution in [1.29, 1.82) is 0 Å². The Kier molecular flexibility index (Phi) is 4.86. The monoisotopic (exact) mass is 407 g/mol. The Labute approximate surface area is 173 Å². The summed E-state index contributed by atoms with van der Waals surface area (Å²) in [5.41, 5.74) is 5.29. The number of carbonyl (C=O) groups is 2. The van der Waals surface area contributed by atoms with Crippen LogP contribution in [0.25, 0.3) is 0 Å². The Morgan fingerprint density at radius 3 is 2.48 bits per heavy atom. The summed E-state index contributed by atoms with van der Waals surface area (Å²) in [6, 6.07) is -1.18. The lowest BCUT2D eigenvalue weighted by Crippen LogP contribution is -2.59. The zero-order valence-corrected chi connectivity index (χ0v) is 18.1. The molecule has 2 bridgehead atoms. The van der Waals surface area contributed by atoms with Crippen molar-refractivity contribution in [3.05, 3.63) is 0 Å². The molecule has 0 amide bonds. The number of esters is 1. The van der Waals surface area contributed by atoms with E-state index in [9.17, 15) is 14.7 Å². The molecular weight excluding hydrogens is 370 g/mol. The number of carbonyl (C=O) groups excluding carboxylic acids is 1. The Hall–Kier alpha value is -1.14. The zero-order chi connectivity index (χ0) is 21.2. The molecule has 0 aromatic carbocycles. The first-order valence-corrected chi connectivity index (χ1v) is 11.3. The van der Waals surface area contributed by atoms with Crippen molar-refractivity contribution in [2.24, 2.45) is 39.2 Å². The molecule has 0 aromatic rings. The highest BCUT2D eigenvalue weighted by atomic mass is 16.5. The molecule has 4 fully saturated rings. The highest BCUT2D eigenvalue weighted by Crippen LogP contribution is 2.73. The Balaban J connectivity index is 1.58. The van der Waals surface area contributed by atoms with Gasteiger partial charge in [0.15, 0.2) is 0 Å². The fourth-order valence-electron chi connectivity index (χ4n) is 8.38. The SMILES string of the molecule is C[C@@]12CC[C@@H]3[C@@](CC[C@H]4[C@@]3(C)CCC[C@@]4(C)C(=O)OC[C@H](N)C(=O)O)(C[C@H]1O)C2. The smallest absolute Gasteiger partial charge is 0.324 e. The molecule has 1 spiro atoms. The second-order valence-electron chi connectivity index (χ2n) is 11.4. The van der Waals surface area contributed by atoms with Gasteiger partial charge in [0.05, 0.1) is 11.5 Å². The van der Waals surface area contributed by atoms with Crippen LogP contribution in [0.15, 0.2) is 0 Å². The van der Waals surface area contributed by atoms with E-state index in [0.29, 0.717) is 5.92 Å². The third-order valence-electron chi connectivity index (χ3n) is 9.78. The van der Waals surface area contributed by atoms with Crippen LogP contribution in [0.1, 0.15) is 78.6 Å². The number of carboxylic acids is 1. The summed E-state index contributed by atoms with van der Waals surface area (Å²) >= 11 is 0. The first kappa shape index (κ1) is 21.1. The van der Waals surface area contributed by atoms with Crippen LogP contribution in [0.2, 0.25) is 0 Å². The van der Waals surface area contributed by atoms with Crippen molar-refractivity contribution in [1.82, 2.24) is 0 Å². The predicted molar refractivity (Wildman–Crippen MR) is 108 cm³/mol. The lowest BCUT2D eigenvalue weighted by molar-refractivity contribution is -0.188. The number of aliphatic carboxylic acids is 1. The summed E-state index contributed by atoms with van der Waals surface area (Å²) < 4.78 is 5.45. The van der Waals surface area contributed by atoms with Crippen molar-refractivity contribution in [2.45, 2.75) is 90.7 Å². The highest BCUT2D eigenvalue weighted by Gasteiger charge is 2.68. The maximum Gasteiger partial charge on any atom is 0.324 e. The Morgan fingerprint density at radius 2 is 1.79 bits per heavy atom. The van der Waals surface area contributed by atoms with Crippen LogP contribution in [0, 0.1) is 33.5 Å². The molecule has 4 aliphatic carbocycles. The fraction of sp³-hybridized carbons (Fsp3) is 0.913. The van der Waals surface area contributed by atoms with Crippen molar-refractivity contribution in [3.63, 3.8) is 0 Å². The molecule has 0 aliphatic heterocycles. The van der Waals surface area contributed by atoms with E-state index in [1.807, 2.05) is 6.92 Å². The molecule has 4 aliphatic rings. The molecule has 4 N–H and O–H groups in total. The van der Waals surface area contributed by atoms with Crippen LogP contribution in [-0.4, -0.2) is 40.9 Å². The number of nitrogens with two attached hydrogens (primary N) is 1. The van der Waals surface area contributed by atoms with Crippen molar-refractivity contribution >= 4 is 11.9 Å². The van der Waals surface area contributed by atoms with Gasteiger partial charge in [0.2, 0.25) is 0 Å². The minimum atomic E-state index is -1.18. The van der Waals surface area contributed by atoms with Gasteiger partial charge in [-0.1, -0.05) is 20.3 Å². The second kappa shape index (κ2) is 6.68. The van der Waals surface area contributed by atoms with Gasteiger partial charge in [-0.25, -0.2) is 0 Å². The minimum absolute atomic E-state index is 0.0591. The van der Waals surface area contributed by atoms with Crippen LogP contribution in [0.4, 0.5) is 0 Å². The molecule has 4 saturated carbocycles. The summed E-state index contributed by atoms with van der Waals surface area (Å²) in [5.74, 6) is -0.669. The highest BCUT2D eigenvalue weighted by molar-refractivity contribution is 5.78. The van der Waals surface area contributed by atoms with Gasteiger partial charge in [-0.05, 0) is 86.4 Å². The Morgan fingerprint density at radius 1 is 1.10 bits per heavy atom. The average molecular weight is 408 g/mol. The topological polar surface area (TPSA) is 110 Å². The van der Waals surface area contributed by atoms with Crippen LogP contribution in [-0.2, 0) is 14.3 Å². The van der Waals surface area contributed by atoms with Gasteiger partial charge in [-0.2, -0.15) is 0 Å². The van der Waals surface area contributed by atoms with Crippen molar-refractivity contribution in [2.75, 3.05) is 6.61 Å². The second-order valence-corrected chi connectivity index (χ2v) is 11.4. The maximum atomic E-state index is 13.2. The molecule has 164 valence electrons. The number of fused-ring (bicyclic) bond motifs is 3. The number of aliphatic hydroxyl groups is 1. The van der Waals surface area contributed by atoms with Gasteiger partial charge in [0, 0.05) is 0 Å². The lowest BCUT2D eigenvalue weighted by Gasteiger charge is -2.64. The van der Waals surface area contributed by atoms with E-state index in [2.05, 4.69) is 13.8 Å². The molecule has 0 radical (unpaired) electrons. The van der Waals surface area contributed by atoms with Gasteiger partial charge in [0.1, 0.15) is 12.6 Å². The quantitative estimate of drug-likeness (QED) is 0.618. The number of rotatable bonds is 4. The van der Waals surface area contributed by atoms with Crippen molar-refractivity contribution < 1.29 is 24.5 Å². The molecular formula is C23H37NO5. The molecule has 4 rings (SSSR count). The first-order valence-electron chi connectivity index (χ1n) is 11.3. The largest absolute Gasteiger partial charge is 0.480 e. The molecule has 0 heterocycles. The van der Waals surface area contributed by atoms with Crippen LogP contribution >= 0.6 is 0 Å². The third-order valence-corrected chi connectivity index (χ3v) is 9.78. The zero-order valence-electron chi connectivity index (χ0n) is 18.1. The molecule has 0 unspecified atom stereocenters. The fourth-order valence-corrected chi connectivity index (χ4v) is 8.38. The summed E-state index contributed by atoms with van der Waals surface area (Å²) in [7, 11) is 0. The standard InChI is InChI=1S/C23H37NO5/c1-20-9-5-16-21(2)7-4-8-22(3,19(28)29-12-14(24)18(26)27)15(21)6-10-23(16,13-20)11-17(20)25/h14-17,25H,4-13,24H2,1-3H3,(H,26,27)/t14-,15-,16-,17+,20-,21+,22+,23-/m0/s1. The van der Waals surface area contributed by atoms with Crippen LogP contribution < -0.4 is 5.73 Å². The van der Waals surface area contributed by atoms with E-state index in [1.165, 1.54) is 0 Å². The van der Waals surface area contributed by atoms with Crippen LogP contribution in [0.5, 0.6) is 0 Å². The van der Waals surface area contributed by atoms with Gasteiger partial charge in [-0.15, -0.1) is 0 Å². The number of carboxylic acid groups (broad SMARTS) is 1. The van der Waals surface area contributed by atoms with Gasteiger partial charge in [-0.3, -0.25) is 9.59 Å². The molecule has 29 heavy (non-hydrogen) atoms. The van der Waals surface area contributed by atoms with Gasteiger partial charge < -0.3 is 20.7 Å². The first-order chi connectivity index (χ1) is 13.5. The number of hydrogen-bond donors (Lipinski definition) is 3. The van der Waals surface area contributed by atoms with Gasteiger partial charge in [0.25, 0.3) is 0 Å². The number of hydrogen-bond acceptors (Lipinski definition) is 5. The van der Waals surface area contributed by atoms with E-state index in [4.69, 9.17) is 15.6 Å². The summed E-state index contributed by atoms with van der Waals surface area (Å²) in [4.78, 5) is 24.1. The minimum Gasteiger partial charge on any atom is -0.480 e. The maximum absolute atomic E-state index is 13.2. The van der Waals surface area contributed by atoms with Crippen LogP contribution in [0.3, 0.4) is 0 Å². The average Bonchev–Trinajstić information content (AvgIpc) is 2.82. The molecule has 8 atom stereocenters. The number of aliphatic hydroxyl groups excluding tert-OH is 1. The predicted octanol–water partition coefficient (Wildman–Crippen LogP) is 3.11.